The largest absolute Gasteiger partial charge is 0.391 e. The van der Waals surface area contributed by atoms with E-state index in [0.717, 1.165) is 31.5 Å². The van der Waals surface area contributed by atoms with Crippen LogP contribution in [0.3, 0.4) is 0 Å². The summed E-state index contributed by atoms with van der Waals surface area (Å²) in [7, 11) is 0. The Balaban J connectivity index is 1.55. The highest BCUT2D eigenvalue weighted by molar-refractivity contribution is 5.17. The number of hydrogen-bond acceptors (Lipinski definition) is 2. The number of aliphatic hydroxyl groups excluding tert-OH is 1. The van der Waals surface area contributed by atoms with Gasteiger partial charge in [0, 0.05) is 12.6 Å². The molecule has 0 spiro atoms. The van der Waals surface area contributed by atoms with Crippen molar-refractivity contribution in [3.05, 3.63) is 35.6 Å². The van der Waals surface area contributed by atoms with Crippen molar-refractivity contribution in [2.24, 2.45) is 5.92 Å². The smallest absolute Gasteiger partial charge is 0.123 e. The number of likely N-dealkylation sites (tertiary alicyclic amines) is 1. The molecule has 2 atom stereocenters. The third kappa shape index (κ3) is 3.21. The van der Waals surface area contributed by atoms with Crippen molar-refractivity contribution in [1.29, 1.82) is 0 Å². The molecule has 0 unspecified atom stereocenters. The zero-order valence-electron chi connectivity index (χ0n) is 12.0. The van der Waals surface area contributed by atoms with Gasteiger partial charge in [0.2, 0.25) is 0 Å². The molecule has 3 heteroatoms. The Labute approximate surface area is 120 Å². The van der Waals surface area contributed by atoms with Crippen LogP contribution < -0.4 is 0 Å². The molecule has 1 aliphatic carbocycles. The van der Waals surface area contributed by atoms with Gasteiger partial charge in [-0.25, -0.2) is 4.39 Å². The maximum atomic E-state index is 12.9. The topological polar surface area (TPSA) is 23.5 Å². The lowest BCUT2D eigenvalue weighted by molar-refractivity contribution is 0.00480. The molecule has 2 fully saturated rings. The quantitative estimate of drug-likeness (QED) is 0.918. The van der Waals surface area contributed by atoms with Crippen LogP contribution in [0.15, 0.2) is 24.3 Å². The summed E-state index contributed by atoms with van der Waals surface area (Å²) in [5.74, 6) is 0.128. The molecule has 1 N–H and O–H groups in total. The predicted molar refractivity (Wildman–Crippen MR) is 78.0 cm³/mol. The van der Waals surface area contributed by atoms with E-state index in [2.05, 4.69) is 4.90 Å². The molecule has 0 amide bonds. The van der Waals surface area contributed by atoms with Crippen molar-refractivity contribution in [2.45, 2.75) is 50.7 Å². The fourth-order valence-electron chi connectivity index (χ4n) is 3.77. The maximum absolute atomic E-state index is 12.9. The molecule has 0 aromatic heterocycles. The van der Waals surface area contributed by atoms with Crippen molar-refractivity contribution in [1.82, 2.24) is 4.90 Å². The molecule has 2 nitrogen and oxygen atoms in total. The van der Waals surface area contributed by atoms with Gasteiger partial charge < -0.3 is 5.11 Å². The standard InChI is InChI=1S/C17H24FNO/c18-15-7-5-13(6-8-15)11-14-9-10-19(12-17(14)20)16-3-1-2-4-16/h5-8,14,16-17,20H,1-4,9-12H2/t14-,17+/m1/s1. The summed E-state index contributed by atoms with van der Waals surface area (Å²) in [6.07, 6.45) is 6.96. The highest BCUT2D eigenvalue weighted by Gasteiger charge is 2.32. The van der Waals surface area contributed by atoms with Gasteiger partial charge in [-0.1, -0.05) is 25.0 Å². The first-order valence-electron chi connectivity index (χ1n) is 7.89. The van der Waals surface area contributed by atoms with Gasteiger partial charge in [0.25, 0.3) is 0 Å². The third-order valence-electron chi connectivity index (χ3n) is 5.01. The van der Waals surface area contributed by atoms with E-state index in [4.69, 9.17) is 0 Å². The molecule has 1 saturated heterocycles. The number of aliphatic hydroxyl groups is 1. The van der Waals surface area contributed by atoms with E-state index in [-0.39, 0.29) is 11.9 Å². The second-order valence-electron chi connectivity index (χ2n) is 6.38. The van der Waals surface area contributed by atoms with Crippen molar-refractivity contribution in [3.63, 3.8) is 0 Å². The Hall–Kier alpha value is -0.930. The van der Waals surface area contributed by atoms with Gasteiger partial charge in [0.15, 0.2) is 0 Å². The Morgan fingerprint density at radius 1 is 1.10 bits per heavy atom. The Kier molecular flexibility index (Phi) is 4.37. The summed E-state index contributed by atoms with van der Waals surface area (Å²) in [5, 5.41) is 10.4. The first-order valence-corrected chi connectivity index (χ1v) is 7.89. The van der Waals surface area contributed by atoms with Crippen LogP contribution in [0.1, 0.15) is 37.7 Å². The summed E-state index contributed by atoms with van der Waals surface area (Å²) in [4.78, 5) is 2.48. The van der Waals surface area contributed by atoms with Crippen LogP contribution in [0, 0.1) is 11.7 Å². The van der Waals surface area contributed by atoms with Crippen LogP contribution in [0.2, 0.25) is 0 Å². The Morgan fingerprint density at radius 2 is 1.80 bits per heavy atom. The first-order chi connectivity index (χ1) is 9.72. The van der Waals surface area contributed by atoms with Gasteiger partial charge in [-0.2, -0.15) is 0 Å². The Bertz CT molecular complexity index is 427. The van der Waals surface area contributed by atoms with Gasteiger partial charge in [0.05, 0.1) is 6.10 Å². The van der Waals surface area contributed by atoms with Crippen molar-refractivity contribution >= 4 is 0 Å². The number of halogens is 1. The number of piperidine rings is 1. The van der Waals surface area contributed by atoms with Gasteiger partial charge in [-0.3, -0.25) is 4.90 Å². The molecule has 1 saturated carbocycles. The molecule has 0 bridgehead atoms. The summed E-state index contributed by atoms with van der Waals surface area (Å²) >= 11 is 0. The molecule has 1 aromatic carbocycles. The Morgan fingerprint density at radius 3 is 2.45 bits per heavy atom. The predicted octanol–water partition coefficient (Wildman–Crippen LogP) is 2.99. The summed E-state index contributed by atoms with van der Waals surface area (Å²) < 4.78 is 12.9. The minimum absolute atomic E-state index is 0.189. The molecule has 1 aliphatic heterocycles. The highest BCUT2D eigenvalue weighted by Crippen LogP contribution is 2.29. The molecular weight excluding hydrogens is 253 g/mol. The summed E-state index contributed by atoms with van der Waals surface area (Å²) in [6.45, 7) is 1.92. The number of β-amino-alcohol motifs (C(OH)–C–C–N with tert-alkyl or cyclic N) is 1. The van der Waals surface area contributed by atoms with Crippen molar-refractivity contribution in [2.75, 3.05) is 13.1 Å². The molecule has 1 aromatic rings. The van der Waals surface area contributed by atoms with E-state index in [1.54, 1.807) is 0 Å². The van der Waals surface area contributed by atoms with E-state index in [0.29, 0.717) is 12.0 Å². The van der Waals surface area contributed by atoms with Crippen LogP contribution in [0.25, 0.3) is 0 Å². The van der Waals surface area contributed by atoms with E-state index < -0.39 is 0 Å². The molecule has 1 heterocycles. The van der Waals surface area contributed by atoms with Gasteiger partial charge in [0.1, 0.15) is 5.82 Å². The second kappa shape index (κ2) is 6.23. The van der Waals surface area contributed by atoms with Crippen LogP contribution in [-0.4, -0.2) is 35.2 Å². The number of rotatable bonds is 3. The first kappa shape index (κ1) is 14.0. The zero-order valence-corrected chi connectivity index (χ0v) is 12.0. The lowest BCUT2D eigenvalue weighted by atomic mass is 9.87. The van der Waals surface area contributed by atoms with Crippen LogP contribution in [0.5, 0.6) is 0 Å². The highest BCUT2D eigenvalue weighted by atomic mass is 19.1. The maximum Gasteiger partial charge on any atom is 0.123 e. The number of nitrogens with zero attached hydrogens (tertiary/aromatic N) is 1. The molecule has 20 heavy (non-hydrogen) atoms. The normalized spacial score (nSPS) is 28.9. The fraction of sp³-hybridized carbons (Fsp3) is 0.647. The SMILES string of the molecule is O[C@H]1CN(C2CCCC2)CC[C@@H]1Cc1ccc(F)cc1. The van der Waals surface area contributed by atoms with E-state index in [9.17, 15) is 9.50 Å². The zero-order chi connectivity index (χ0) is 13.9. The lowest BCUT2D eigenvalue weighted by Gasteiger charge is -2.39. The average Bonchev–Trinajstić information content (AvgIpc) is 2.97. The fourth-order valence-corrected chi connectivity index (χ4v) is 3.77. The van der Waals surface area contributed by atoms with E-state index in [1.807, 2.05) is 12.1 Å². The van der Waals surface area contributed by atoms with Gasteiger partial charge in [-0.15, -0.1) is 0 Å². The van der Waals surface area contributed by atoms with Gasteiger partial charge in [-0.05, 0) is 55.8 Å². The minimum Gasteiger partial charge on any atom is -0.391 e. The molecule has 3 rings (SSSR count). The molecular formula is C17H24FNO. The summed E-state index contributed by atoms with van der Waals surface area (Å²) in [6, 6.07) is 7.40. The molecule has 110 valence electrons. The second-order valence-corrected chi connectivity index (χ2v) is 6.38. The third-order valence-corrected chi connectivity index (χ3v) is 5.01. The van der Waals surface area contributed by atoms with E-state index in [1.165, 1.54) is 37.8 Å². The number of benzene rings is 1. The van der Waals surface area contributed by atoms with Crippen LogP contribution >= 0.6 is 0 Å². The van der Waals surface area contributed by atoms with Gasteiger partial charge >= 0.3 is 0 Å². The van der Waals surface area contributed by atoms with E-state index >= 15 is 0 Å². The van der Waals surface area contributed by atoms with Crippen molar-refractivity contribution < 1.29 is 9.50 Å². The van der Waals surface area contributed by atoms with Crippen LogP contribution in [-0.2, 0) is 6.42 Å². The molecule has 2 aliphatic rings. The average molecular weight is 277 g/mol. The lowest BCUT2D eigenvalue weighted by Crippen LogP contribution is -2.48. The summed E-state index contributed by atoms with van der Waals surface area (Å²) in [5.41, 5.74) is 1.13. The monoisotopic (exact) mass is 277 g/mol. The molecule has 0 radical (unpaired) electrons. The van der Waals surface area contributed by atoms with Crippen LogP contribution in [0.4, 0.5) is 4.39 Å². The number of hydrogen-bond donors (Lipinski definition) is 1. The van der Waals surface area contributed by atoms with Crippen molar-refractivity contribution in [3.8, 4) is 0 Å². The minimum atomic E-state index is -0.241.